The summed E-state index contributed by atoms with van der Waals surface area (Å²) in [6.07, 6.45) is 1.15. The van der Waals surface area contributed by atoms with Crippen LogP contribution in [0.3, 0.4) is 0 Å². The fraction of sp³-hybridized carbons (Fsp3) is 0.391. The Balaban J connectivity index is 2.12. The quantitative estimate of drug-likeness (QED) is 0.449. The molecule has 0 radical (unpaired) electrons. The molecule has 0 spiro atoms. The van der Waals surface area contributed by atoms with Gasteiger partial charge < -0.3 is 10.2 Å². The molecule has 0 bridgehead atoms. The molecule has 2 rings (SSSR count). The SMILES string of the molecule is CC[C@@H](C)NC(=O)[C@@H](C)N(Cc1ccc(Cl)cc1Cl)C(=O)CCSc1ccccc1. The van der Waals surface area contributed by atoms with Crippen molar-refractivity contribution in [3.63, 3.8) is 0 Å². The van der Waals surface area contributed by atoms with E-state index in [0.717, 1.165) is 16.9 Å². The molecule has 2 atom stereocenters. The molecule has 0 fully saturated rings. The summed E-state index contributed by atoms with van der Waals surface area (Å²) in [6.45, 7) is 5.96. The van der Waals surface area contributed by atoms with E-state index in [2.05, 4.69) is 5.32 Å². The van der Waals surface area contributed by atoms with E-state index in [1.165, 1.54) is 0 Å². The third-order valence-electron chi connectivity index (χ3n) is 4.85. The number of rotatable bonds is 10. The highest BCUT2D eigenvalue weighted by Gasteiger charge is 2.27. The number of amides is 2. The fourth-order valence-corrected chi connectivity index (χ4v) is 4.13. The Morgan fingerprint density at radius 3 is 2.43 bits per heavy atom. The predicted octanol–water partition coefficient (Wildman–Crippen LogP) is 5.81. The van der Waals surface area contributed by atoms with Crippen LogP contribution in [0, 0.1) is 0 Å². The maximum Gasteiger partial charge on any atom is 0.242 e. The molecule has 0 aromatic heterocycles. The number of thioether (sulfide) groups is 1. The van der Waals surface area contributed by atoms with Gasteiger partial charge in [0.05, 0.1) is 0 Å². The second kappa shape index (κ2) is 12.2. The lowest BCUT2D eigenvalue weighted by molar-refractivity contribution is -0.140. The number of halogens is 2. The van der Waals surface area contributed by atoms with Gasteiger partial charge in [0, 0.05) is 39.7 Å². The Morgan fingerprint density at radius 2 is 1.80 bits per heavy atom. The van der Waals surface area contributed by atoms with E-state index in [4.69, 9.17) is 23.2 Å². The molecule has 1 N–H and O–H groups in total. The molecule has 0 saturated heterocycles. The second-order valence-electron chi connectivity index (χ2n) is 7.16. The maximum absolute atomic E-state index is 13.1. The van der Waals surface area contributed by atoms with Crippen LogP contribution in [0.4, 0.5) is 0 Å². The first-order valence-electron chi connectivity index (χ1n) is 10.0. The summed E-state index contributed by atoms with van der Waals surface area (Å²) in [7, 11) is 0. The van der Waals surface area contributed by atoms with Crippen molar-refractivity contribution in [2.45, 2.75) is 57.1 Å². The molecule has 0 unspecified atom stereocenters. The Morgan fingerprint density at radius 1 is 1.10 bits per heavy atom. The summed E-state index contributed by atoms with van der Waals surface area (Å²) in [4.78, 5) is 28.5. The van der Waals surface area contributed by atoms with E-state index in [1.54, 1.807) is 41.8 Å². The third kappa shape index (κ3) is 7.53. The predicted molar refractivity (Wildman–Crippen MR) is 126 cm³/mol. The average molecular weight is 467 g/mol. The first-order valence-corrected chi connectivity index (χ1v) is 11.8. The summed E-state index contributed by atoms with van der Waals surface area (Å²) in [5, 5.41) is 3.98. The van der Waals surface area contributed by atoms with Crippen molar-refractivity contribution in [1.82, 2.24) is 10.2 Å². The highest BCUT2D eigenvalue weighted by atomic mass is 35.5. The fourth-order valence-electron chi connectivity index (χ4n) is 2.80. The van der Waals surface area contributed by atoms with Crippen molar-refractivity contribution in [2.24, 2.45) is 0 Å². The van der Waals surface area contributed by atoms with Crippen molar-refractivity contribution in [3.8, 4) is 0 Å². The van der Waals surface area contributed by atoms with Crippen molar-refractivity contribution in [1.29, 1.82) is 0 Å². The average Bonchev–Trinajstić information content (AvgIpc) is 2.73. The highest BCUT2D eigenvalue weighted by Crippen LogP contribution is 2.24. The second-order valence-corrected chi connectivity index (χ2v) is 9.17. The van der Waals surface area contributed by atoms with Gasteiger partial charge in [0.2, 0.25) is 11.8 Å². The van der Waals surface area contributed by atoms with Crippen LogP contribution < -0.4 is 5.32 Å². The molecular weight excluding hydrogens is 439 g/mol. The van der Waals surface area contributed by atoms with E-state index in [0.29, 0.717) is 22.2 Å². The Labute approximate surface area is 193 Å². The van der Waals surface area contributed by atoms with Gasteiger partial charge in [-0.25, -0.2) is 0 Å². The Bertz CT molecular complexity index is 848. The summed E-state index contributed by atoms with van der Waals surface area (Å²) in [5.41, 5.74) is 0.758. The van der Waals surface area contributed by atoms with Crippen molar-refractivity contribution < 1.29 is 9.59 Å². The summed E-state index contributed by atoms with van der Waals surface area (Å²) >= 11 is 13.9. The molecular formula is C23H28Cl2N2O2S. The lowest BCUT2D eigenvalue weighted by Gasteiger charge is -2.30. The zero-order valence-electron chi connectivity index (χ0n) is 17.5. The van der Waals surface area contributed by atoms with Crippen LogP contribution in [-0.4, -0.2) is 34.6 Å². The van der Waals surface area contributed by atoms with Gasteiger partial charge in [-0.2, -0.15) is 0 Å². The van der Waals surface area contributed by atoms with Crippen LogP contribution in [-0.2, 0) is 16.1 Å². The molecule has 0 aliphatic carbocycles. The van der Waals surface area contributed by atoms with E-state index in [9.17, 15) is 9.59 Å². The topological polar surface area (TPSA) is 49.4 Å². The number of hydrogen-bond acceptors (Lipinski definition) is 3. The third-order valence-corrected chi connectivity index (χ3v) is 6.45. The van der Waals surface area contributed by atoms with E-state index in [1.807, 2.05) is 44.2 Å². The molecule has 0 saturated carbocycles. The minimum absolute atomic E-state index is 0.0460. The van der Waals surface area contributed by atoms with Crippen LogP contribution in [0.5, 0.6) is 0 Å². The van der Waals surface area contributed by atoms with E-state index < -0.39 is 6.04 Å². The molecule has 30 heavy (non-hydrogen) atoms. The summed E-state index contributed by atoms with van der Waals surface area (Å²) in [6, 6.07) is 14.6. The molecule has 0 aliphatic heterocycles. The molecule has 162 valence electrons. The van der Waals surface area contributed by atoms with Gasteiger partial charge in [-0.05, 0) is 50.1 Å². The number of hydrogen-bond donors (Lipinski definition) is 1. The first kappa shape index (κ1) is 24.6. The highest BCUT2D eigenvalue weighted by molar-refractivity contribution is 7.99. The molecule has 0 heterocycles. The van der Waals surface area contributed by atoms with Gasteiger partial charge in [0.1, 0.15) is 6.04 Å². The molecule has 2 aromatic carbocycles. The van der Waals surface area contributed by atoms with Crippen molar-refractivity contribution >= 4 is 46.8 Å². The lowest BCUT2D eigenvalue weighted by Crippen LogP contribution is -2.49. The molecule has 2 aromatic rings. The smallest absolute Gasteiger partial charge is 0.242 e. The zero-order valence-corrected chi connectivity index (χ0v) is 19.9. The number of nitrogens with one attached hydrogen (secondary N) is 1. The number of carbonyl (C=O) groups is 2. The van der Waals surface area contributed by atoms with Crippen LogP contribution in [0.1, 0.15) is 39.2 Å². The largest absolute Gasteiger partial charge is 0.352 e. The Hall–Kier alpha value is -1.69. The van der Waals surface area contributed by atoms with E-state index >= 15 is 0 Å². The normalized spacial score (nSPS) is 12.8. The number of benzene rings is 2. The van der Waals surface area contributed by atoms with Crippen molar-refractivity contribution in [3.05, 3.63) is 64.1 Å². The Kier molecular flexibility index (Phi) is 10.0. The summed E-state index contributed by atoms with van der Waals surface area (Å²) in [5.74, 6) is 0.377. The maximum atomic E-state index is 13.1. The monoisotopic (exact) mass is 466 g/mol. The van der Waals surface area contributed by atoms with Gasteiger partial charge in [-0.15, -0.1) is 11.8 Å². The van der Waals surface area contributed by atoms with Gasteiger partial charge in [-0.1, -0.05) is 54.4 Å². The minimum Gasteiger partial charge on any atom is -0.352 e. The van der Waals surface area contributed by atoms with Crippen LogP contribution in [0.2, 0.25) is 10.0 Å². The number of nitrogens with zero attached hydrogens (tertiary/aromatic N) is 1. The standard InChI is InChI=1S/C23H28Cl2N2O2S/c1-4-16(2)26-23(29)17(3)27(15-18-10-11-19(24)14-21(18)25)22(28)12-13-30-20-8-6-5-7-9-20/h5-11,14,16-17H,4,12-13,15H2,1-3H3,(H,26,29)/t16-,17-/m1/s1. The molecule has 7 heteroatoms. The van der Waals surface area contributed by atoms with Gasteiger partial charge in [-0.3, -0.25) is 9.59 Å². The van der Waals surface area contributed by atoms with Gasteiger partial charge in [0.15, 0.2) is 0 Å². The van der Waals surface area contributed by atoms with E-state index in [-0.39, 0.29) is 24.4 Å². The molecule has 4 nitrogen and oxygen atoms in total. The van der Waals surface area contributed by atoms with Crippen molar-refractivity contribution in [2.75, 3.05) is 5.75 Å². The first-order chi connectivity index (χ1) is 14.3. The van der Waals surface area contributed by atoms with Crippen LogP contribution in [0.25, 0.3) is 0 Å². The van der Waals surface area contributed by atoms with Crippen LogP contribution in [0.15, 0.2) is 53.4 Å². The zero-order chi connectivity index (χ0) is 22.1. The molecule has 0 aliphatic rings. The van der Waals surface area contributed by atoms with Gasteiger partial charge >= 0.3 is 0 Å². The minimum atomic E-state index is -0.611. The van der Waals surface area contributed by atoms with Crippen LogP contribution >= 0.6 is 35.0 Å². The summed E-state index contributed by atoms with van der Waals surface area (Å²) < 4.78 is 0. The lowest BCUT2D eigenvalue weighted by atomic mass is 10.1. The number of carbonyl (C=O) groups excluding carboxylic acids is 2. The van der Waals surface area contributed by atoms with Gasteiger partial charge in [0.25, 0.3) is 0 Å². The molecule has 2 amide bonds.